The second-order valence-electron chi connectivity index (χ2n) is 5.45. The quantitative estimate of drug-likeness (QED) is 0.880. The van der Waals surface area contributed by atoms with Crippen molar-refractivity contribution in [1.82, 2.24) is 0 Å². The van der Waals surface area contributed by atoms with Crippen LogP contribution in [0.3, 0.4) is 0 Å². The highest BCUT2D eigenvalue weighted by atomic mass is 19.4. The summed E-state index contributed by atoms with van der Waals surface area (Å²) in [6.45, 7) is 0.863. The number of hydrogen-bond donors (Lipinski definition) is 2. The van der Waals surface area contributed by atoms with Gasteiger partial charge in [-0.3, -0.25) is 0 Å². The van der Waals surface area contributed by atoms with Gasteiger partial charge in [-0.1, -0.05) is 18.2 Å². The molecule has 1 fully saturated rings. The summed E-state index contributed by atoms with van der Waals surface area (Å²) < 4.78 is 50.9. The Morgan fingerprint density at radius 3 is 2.48 bits per heavy atom. The summed E-state index contributed by atoms with van der Waals surface area (Å²) in [5, 5.41) is 2.29. The Bertz CT molecular complexity index is 787. The second kappa shape index (κ2) is 6.73. The van der Waals surface area contributed by atoms with Crippen molar-refractivity contribution >= 4 is 11.7 Å². The fourth-order valence-electron chi connectivity index (χ4n) is 2.65. The standard InChI is InChI=1S/C17H15F3N2O3/c18-17(19,20)14-5-4-12(22-16(21)23)9-13(14)10-2-1-3-11(8-10)15-24-6-7-25-15/h1-5,8-9,15H,6-7H2,(H3,21,22,23). The molecular formula is C17H15F3N2O3. The lowest BCUT2D eigenvalue weighted by molar-refractivity contribution is -0.137. The van der Waals surface area contributed by atoms with Crippen molar-refractivity contribution in [2.24, 2.45) is 5.73 Å². The molecule has 2 amide bonds. The molecule has 3 rings (SSSR count). The van der Waals surface area contributed by atoms with Gasteiger partial charge < -0.3 is 20.5 Å². The van der Waals surface area contributed by atoms with Crippen LogP contribution in [0.25, 0.3) is 11.1 Å². The number of hydrogen-bond acceptors (Lipinski definition) is 3. The molecule has 8 heteroatoms. The summed E-state index contributed by atoms with van der Waals surface area (Å²) in [5.41, 5.74) is 5.28. The van der Waals surface area contributed by atoms with Crippen molar-refractivity contribution in [3.63, 3.8) is 0 Å². The van der Waals surface area contributed by atoms with E-state index in [0.717, 1.165) is 12.1 Å². The van der Waals surface area contributed by atoms with Crippen molar-refractivity contribution in [2.45, 2.75) is 12.5 Å². The first-order valence-corrected chi connectivity index (χ1v) is 7.46. The number of nitrogens with one attached hydrogen (secondary N) is 1. The van der Waals surface area contributed by atoms with Crippen molar-refractivity contribution in [1.29, 1.82) is 0 Å². The van der Waals surface area contributed by atoms with Crippen LogP contribution in [0, 0.1) is 0 Å². The third kappa shape index (κ3) is 3.92. The summed E-state index contributed by atoms with van der Waals surface area (Å²) in [4.78, 5) is 11.0. The summed E-state index contributed by atoms with van der Waals surface area (Å²) >= 11 is 0. The van der Waals surface area contributed by atoms with Crippen LogP contribution in [0.15, 0.2) is 42.5 Å². The van der Waals surface area contributed by atoms with E-state index in [-0.39, 0.29) is 11.3 Å². The Morgan fingerprint density at radius 2 is 1.84 bits per heavy atom. The molecule has 1 heterocycles. The normalized spacial score (nSPS) is 15.3. The van der Waals surface area contributed by atoms with Crippen molar-refractivity contribution in [3.05, 3.63) is 53.6 Å². The molecule has 5 nitrogen and oxygen atoms in total. The van der Waals surface area contributed by atoms with Gasteiger partial charge in [0.15, 0.2) is 6.29 Å². The lowest BCUT2D eigenvalue weighted by Crippen LogP contribution is -2.19. The summed E-state index contributed by atoms with van der Waals surface area (Å²) in [6.07, 6.45) is -5.14. The zero-order valence-electron chi connectivity index (χ0n) is 13.0. The third-order valence-electron chi connectivity index (χ3n) is 3.68. The summed E-state index contributed by atoms with van der Waals surface area (Å²) in [6, 6.07) is 8.93. The number of alkyl halides is 3. The molecular weight excluding hydrogens is 337 g/mol. The minimum atomic E-state index is -4.54. The average molecular weight is 352 g/mol. The molecule has 0 bridgehead atoms. The molecule has 2 aromatic rings. The Labute approximate surface area is 141 Å². The number of urea groups is 1. The van der Waals surface area contributed by atoms with Crippen LogP contribution >= 0.6 is 0 Å². The van der Waals surface area contributed by atoms with Crippen LogP contribution in [0.1, 0.15) is 17.4 Å². The van der Waals surface area contributed by atoms with Crippen LogP contribution in [0.5, 0.6) is 0 Å². The number of amides is 2. The van der Waals surface area contributed by atoms with Gasteiger partial charge in [-0.15, -0.1) is 0 Å². The van der Waals surface area contributed by atoms with Crippen LogP contribution < -0.4 is 11.1 Å². The van der Waals surface area contributed by atoms with Gasteiger partial charge in [-0.2, -0.15) is 13.2 Å². The van der Waals surface area contributed by atoms with E-state index in [4.69, 9.17) is 15.2 Å². The number of halogens is 3. The maximum atomic E-state index is 13.4. The third-order valence-corrected chi connectivity index (χ3v) is 3.68. The summed E-state index contributed by atoms with van der Waals surface area (Å²) in [5.74, 6) is 0. The number of nitrogens with two attached hydrogens (primary N) is 1. The van der Waals surface area contributed by atoms with Crippen LogP contribution in [0.4, 0.5) is 23.7 Å². The number of carbonyl (C=O) groups excluding carboxylic acids is 1. The monoisotopic (exact) mass is 352 g/mol. The number of primary amides is 1. The van der Waals surface area contributed by atoms with Crippen molar-refractivity contribution < 1.29 is 27.4 Å². The van der Waals surface area contributed by atoms with E-state index in [1.54, 1.807) is 24.3 Å². The highest BCUT2D eigenvalue weighted by molar-refractivity contribution is 5.89. The van der Waals surface area contributed by atoms with E-state index >= 15 is 0 Å². The number of ether oxygens (including phenoxy) is 2. The van der Waals surface area contributed by atoms with E-state index in [9.17, 15) is 18.0 Å². The molecule has 2 aromatic carbocycles. The molecule has 0 unspecified atom stereocenters. The van der Waals surface area contributed by atoms with Crippen LogP contribution in [-0.2, 0) is 15.7 Å². The van der Waals surface area contributed by atoms with E-state index < -0.39 is 24.1 Å². The van der Waals surface area contributed by atoms with Gasteiger partial charge in [0, 0.05) is 11.3 Å². The molecule has 1 saturated heterocycles. The maximum absolute atomic E-state index is 13.4. The first-order chi connectivity index (χ1) is 11.8. The SMILES string of the molecule is NC(=O)Nc1ccc(C(F)(F)F)c(-c2cccc(C3OCCO3)c2)c1. The predicted octanol–water partition coefficient (Wildman–Crippen LogP) is 3.91. The largest absolute Gasteiger partial charge is 0.417 e. The highest BCUT2D eigenvalue weighted by Crippen LogP contribution is 2.39. The van der Waals surface area contributed by atoms with E-state index in [1.807, 2.05) is 0 Å². The Balaban J connectivity index is 2.07. The second-order valence-corrected chi connectivity index (χ2v) is 5.45. The Kier molecular flexibility index (Phi) is 4.65. The maximum Gasteiger partial charge on any atom is 0.417 e. The van der Waals surface area contributed by atoms with E-state index in [0.29, 0.717) is 24.3 Å². The molecule has 1 aliphatic heterocycles. The van der Waals surface area contributed by atoms with Gasteiger partial charge >= 0.3 is 12.2 Å². The Hall–Kier alpha value is -2.58. The average Bonchev–Trinajstić information content (AvgIpc) is 3.08. The number of carbonyl (C=O) groups is 1. The van der Waals surface area contributed by atoms with Crippen molar-refractivity contribution in [2.75, 3.05) is 18.5 Å². The van der Waals surface area contributed by atoms with Gasteiger partial charge in [0.25, 0.3) is 0 Å². The van der Waals surface area contributed by atoms with Gasteiger partial charge in [-0.25, -0.2) is 4.79 Å². The molecule has 0 atom stereocenters. The molecule has 0 aromatic heterocycles. The smallest absolute Gasteiger partial charge is 0.351 e. The van der Waals surface area contributed by atoms with E-state index in [2.05, 4.69) is 5.32 Å². The number of benzene rings is 2. The minimum Gasteiger partial charge on any atom is -0.351 e. The molecule has 0 radical (unpaired) electrons. The van der Waals surface area contributed by atoms with Crippen molar-refractivity contribution in [3.8, 4) is 11.1 Å². The van der Waals surface area contributed by atoms with E-state index in [1.165, 1.54) is 6.07 Å². The van der Waals surface area contributed by atoms with Crippen LogP contribution in [0.2, 0.25) is 0 Å². The number of rotatable bonds is 3. The molecule has 132 valence electrons. The first-order valence-electron chi connectivity index (χ1n) is 7.46. The minimum absolute atomic E-state index is 0.0707. The van der Waals surface area contributed by atoms with Gasteiger partial charge in [0.1, 0.15) is 0 Å². The zero-order valence-corrected chi connectivity index (χ0v) is 13.0. The molecule has 1 aliphatic rings. The fraction of sp³-hybridized carbons (Fsp3) is 0.235. The van der Waals surface area contributed by atoms with Gasteiger partial charge in [0.2, 0.25) is 0 Å². The molecule has 25 heavy (non-hydrogen) atoms. The Morgan fingerprint density at radius 1 is 1.12 bits per heavy atom. The number of anilines is 1. The summed E-state index contributed by atoms with van der Waals surface area (Å²) in [7, 11) is 0. The topological polar surface area (TPSA) is 73.6 Å². The lowest BCUT2D eigenvalue weighted by atomic mass is 9.97. The molecule has 0 saturated carbocycles. The first kappa shape index (κ1) is 17.2. The molecule has 3 N–H and O–H groups in total. The highest BCUT2D eigenvalue weighted by Gasteiger charge is 2.34. The zero-order chi connectivity index (χ0) is 18.0. The van der Waals surface area contributed by atoms with Gasteiger partial charge in [-0.05, 0) is 35.4 Å². The van der Waals surface area contributed by atoms with Crippen LogP contribution in [-0.4, -0.2) is 19.2 Å². The fourth-order valence-corrected chi connectivity index (χ4v) is 2.65. The predicted molar refractivity (Wildman–Crippen MR) is 84.7 cm³/mol. The molecule has 0 aliphatic carbocycles. The van der Waals surface area contributed by atoms with Gasteiger partial charge in [0.05, 0.1) is 18.8 Å². The lowest BCUT2D eigenvalue weighted by Gasteiger charge is -2.16. The molecule has 0 spiro atoms.